The van der Waals surface area contributed by atoms with E-state index in [0.29, 0.717) is 22.2 Å². The number of hydrogen-bond acceptors (Lipinski definition) is 3. The van der Waals surface area contributed by atoms with Crippen molar-refractivity contribution >= 4 is 16.9 Å². The molecule has 2 heterocycles. The average molecular weight is 523 g/mol. The molecule has 10 heteroatoms. The van der Waals surface area contributed by atoms with Crippen molar-refractivity contribution in [3.05, 3.63) is 101 Å². The number of aromatic amines is 2. The van der Waals surface area contributed by atoms with Gasteiger partial charge in [0.2, 0.25) is 5.82 Å². The predicted molar refractivity (Wildman–Crippen MR) is 132 cm³/mol. The van der Waals surface area contributed by atoms with E-state index in [1.807, 2.05) is 0 Å². The zero-order valence-electron chi connectivity index (χ0n) is 20.0. The quantitative estimate of drug-likeness (QED) is 0.195. The molecule has 0 saturated carbocycles. The molecule has 0 fully saturated rings. The smallest absolute Gasteiger partial charge is 0.303 e. The van der Waals surface area contributed by atoms with Gasteiger partial charge in [-0.3, -0.25) is 4.79 Å². The summed E-state index contributed by atoms with van der Waals surface area (Å²) in [5, 5.41) is 9.32. The van der Waals surface area contributed by atoms with Gasteiger partial charge in [0.15, 0.2) is 11.6 Å². The number of aryl methyl sites for hydroxylation is 2. The number of aliphatic carboxylic acids is 1. The van der Waals surface area contributed by atoms with Gasteiger partial charge < -0.3 is 19.8 Å². The van der Waals surface area contributed by atoms with E-state index in [1.165, 1.54) is 30.6 Å². The minimum atomic E-state index is -1.17. The van der Waals surface area contributed by atoms with Crippen LogP contribution in [0.15, 0.2) is 54.9 Å². The molecule has 194 valence electrons. The zero-order chi connectivity index (χ0) is 27.0. The van der Waals surface area contributed by atoms with Gasteiger partial charge in [0.25, 0.3) is 0 Å². The fourth-order valence-corrected chi connectivity index (χ4v) is 4.34. The minimum Gasteiger partial charge on any atom is -0.481 e. The number of H-pyrrole nitrogens is 2. The number of carboxylic acids is 1. The topological polar surface area (TPSA) is 91.0 Å². The third-order valence-corrected chi connectivity index (χ3v) is 6.29. The summed E-state index contributed by atoms with van der Waals surface area (Å²) >= 11 is 0. The summed E-state index contributed by atoms with van der Waals surface area (Å²) in [6.45, 7) is 1.59. The van der Waals surface area contributed by atoms with Crippen molar-refractivity contribution in [2.24, 2.45) is 0 Å². The fraction of sp³-hybridized carbons (Fsp3) is 0.143. The first-order valence-corrected chi connectivity index (χ1v) is 11.7. The van der Waals surface area contributed by atoms with Gasteiger partial charge in [-0.15, -0.1) is 0 Å². The van der Waals surface area contributed by atoms with Crippen LogP contribution < -0.4 is 4.74 Å². The number of benzene rings is 3. The fourth-order valence-electron chi connectivity index (χ4n) is 4.34. The summed E-state index contributed by atoms with van der Waals surface area (Å²) in [7, 11) is 0. The molecule has 0 atom stereocenters. The first kappa shape index (κ1) is 25.1. The lowest BCUT2D eigenvalue weighted by atomic mass is 10.0. The highest BCUT2D eigenvalue weighted by Gasteiger charge is 2.21. The van der Waals surface area contributed by atoms with E-state index in [2.05, 4.69) is 15.0 Å². The first-order valence-electron chi connectivity index (χ1n) is 11.7. The number of carbonyl (C=O) groups is 1. The van der Waals surface area contributed by atoms with Gasteiger partial charge in [0, 0.05) is 36.2 Å². The molecule has 5 rings (SSSR count). The Bertz CT molecular complexity index is 1680. The molecule has 0 saturated heterocycles. The number of nitrogens with zero attached hydrogens (tertiary/aromatic N) is 1. The molecular weight excluding hydrogens is 502 g/mol. The number of aromatic nitrogens is 3. The lowest BCUT2D eigenvalue weighted by Crippen LogP contribution is -2.02. The molecule has 0 amide bonds. The van der Waals surface area contributed by atoms with Gasteiger partial charge in [0.05, 0.1) is 16.8 Å². The van der Waals surface area contributed by atoms with E-state index in [1.54, 1.807) is 25.1 Å². The van der Waals surface area contributed by atoms with Gasteiger partial charge in [0.1, 0.15) is 23.2 Å². The van der Waals surface area contributed by atoms with E-state index in [9.17, 15) is 22.4 Å². The summed E-state index contributed by atoms with van der Waals surface area (Å²) in [5.74, 6) is -4.53. The highest BCUT2D eigenvalue weighted by atomic mass is 19.2. The molecule has 0 aliphatic heterocycles. The molecule has 6 nitrogen and oxygen atoms in total. The summed E-state index contributed by atoms with van der Waals surface area (Å²) in [6.07, 6.45) is 2.94. The third kappa shape index (κ3) is 4.72. The van der Waals surface area contributed by atoms with Crippen molar-refractivity contribution in [3.63, 3.8) is 0 Å². The van der Waals surface area contributed by atoms with Crippen molar-refractivity contribution in [1.82, 2.24) is 15.0 Å². The van der Waals surface area contributed by atoms with Gasteiger partial charge in [-0.05, 0) is 48.7 Å². The van der Waals surface area contributed by atoms with Crippen LogP contribution in [0.25, 0.3) is 22.3 Å². The van der Waals surface area contributed by atoms with Crippen LogP contribution >= 0.6 is 0 Å². The molecule has 3 N–H and O–H groups in total. The summed E-state index contributed by atoms with van der Waals surface area (Å²) < 4.78 is 64.5. The number of rotatable bonds is 8. The predicted octanol–water partition coefficient (Wildman–Crippen LogP) is 6.82. The molecule has 3 aromatic carbocycles. The Labute approximate surface area is 213 Å². The molecular formula is C28H21F4N3O3. The Balaban J connectivity index is 1.41. The lowest BCUT2D eigenvalue weighted by molar-refractivity contribution is -0.136. The maximum Gasteiger partial charge on any atom is 0.303 e. The number of nitrogens with one attached hydrogen (secondary N) is 2. The van der Waals surface area contributed by atoms with Gasteiger partial charge in [-0.25, -0.2) is 18.2 Å². The average Bonchev–Trinajstić information content (AvgIpc) is 3.57. The Morgan fingerprint density at radius 1 is 1.00 bits per heavy atom. The molecule has 0 unspecified atom stereocenters. The second-order valence-electron chi connectivity index (χ2n) is 8.79. The maximum atomic E-state index is 14.9. The van der Waals surface area contributed by atoms with Crippen molar-refractivity contribution in [2.75, 3.05) is 0 Å². The zero-order valence-corrected chi connectivity index (χ0v) is 20.0. The van der Waals surface area contributed by atoms with E-state index in [0.717, 1.165) is 6.07 Å². The van der Waals surface area contributed by atoms with Gasteiger partial charge in [-0.1, -0.05) is 18.2 Å². The Hall–Kier alpha value is -4.60. The van der Waals surface area contributed by atoms with Crippen molar-refractivity contribution in [2.45, 2.75) is 26.2 Å². The maximum absolute atomic E-state index is 14.9. The molecule has 5 aromatic rings. The van der Waals surface area contributed by atoms with Crippen LogP contribution in [0, 0.1) is 30.2 Å². The number of hydrogen-bond donors (Lipinski definition) is 3. The highest BCUT2D eigenvalue weighted by molar-refractivity contribution is 5.86. The van der Waals surface area contributed by atoms with Crippen LogP contribution in [-0.4, -0.2) is 26.0 Å². The molecule has 0 aliphatic carbocycles. The summed E-state index contributed by atoms with van der Waals surface area (Å²) in [6, 6.07) is 10.1. The Morgan fingerprint density at radius 2 is 1.79 bits per heavy atom. The van der Waals surface area contributed by atoms with Gasteiger partial charge >= 0.3 is 5.97 Å². The van der Waals surface area contributed by atoms with E-state index in [4.69, 9.17) is 9.84 Å². The minimum absolute atomic E-state index is 0.0192. The Kier molecular flexibility index (Phi) is 6.62. The molecule has 0 radical (unpaired) electrons. The van der Waals surface area contributed by atoms with E-state index >= 15 is 0 Å². The second kappa shape index (κ2) is 10.0. The molecule has 38 heavy (non-hydrogen) atoms. The summed E-state index contributed by atoms with van der Waals surface area (Å²) in [4.78, 5) is 20.7. The standard InChI is InChI=1S/C28H21F4N3O3/c1-14-19-9-10-33-26(19)24(31)25(32)27(14)38-18-6-7-21(29)20(12-18)28-34-13-17(35-28)11-16-4-2-3-15(23(16)30)5-8-22(36)37/h2-4,6-7,9-10,12-13,33H,5,8,11H2,1H3,(H,34,35)(H,36,37). The Morgan fingerprint density at radius 3 is 2.58 bits per heavy atom. The number of ether oxygens (including phenoxy) is 1. The molecule has 2 aromatic heterocycles. The summed E-state index contributed by atoms with van der Waals surface area (Å²) in [5.41, 5.74) is 1.44. The monoisotopic (exact) mass is 523 g/mol. The molecule has 0 spiro atoms. The largest absolute Gasteiger partial charge is 0.481 e. The van der Waals surface area contributed by atoms with Crippen LogP contribution in [0.3, 0.4) is 0 Å². The molecule has 0 bridgehead atoms. The number of halogens is 4. The lowest BCUT2D eigenvalue weighted by Gasteiger charge is -2.13. The van der Waals surface area contributed by atoms with Gasteiger partial charge in [-0.2, -0.15) is 4.39 Å². The van der Waals surface area contributed by atoms with Crippen LogP contribution in [0.5, 0.6) is 11.5 Å². The van der Waals surface area contributed by atoms with Crippen molar-refractivity contribution < 1.29 is 32.2 Å². The third-order valence-electron chi connectivity index (χ3n) is 6.29. The highest BCUT2D eigenvalue weighted by Crippen LogP contribution is 2.37. The van der Waals surface area contributed by atoms with Crippen LogP contribution in [0.1, 0.15) is 28.8 Å². The SMILES string of the molecule is Cc1c(Oc2ccc(F)c(-c3nc(Cc4cccc(CCC(=O)O)c4F)c[nH]3)c2)c(F)c(F)c2[nH]ccc12. The van der Waals surface area contributed by atoms with Crippen LogP contribution in [0.2, 0.25) is 0 Å². The van der Waals surface area contributed by atoms with E-state index in [-0.39, 0.29) is 53.2 Å². The number of imidazole rings is 1. The van der Waals surface area contributed by atoms with Crippen LogP contribution in [0.4, 0.5) is 17.6 Å². The molecule has 0 aliphatic rings. The normalized spacial score (nSPS) is 11.3. The number of fused-ring (bicyclic) bond motifs is 1. The number of carboxylic acid groups (broad SMARTS) is 1. The van der Waals surface area contributed by atoms with Crippen molar-refractivity contribution in [1.29, 1.82) is 0 Å². The van der Waals surface area contributed by atoms with Crippen LogP contribution in [-0.2, 0) is 17.6 Å². The van der Waals surface area contributed by atoms with E-state index < -0.39 is 29.2 Å². The van der Waals surface area contributed by atoms with Crippen molar-refractivity contribution in [3.8, 4) is 22.9 Å². The second-order valence-corrected chi connectivity index (χ2v) is 8.79. The first-order chi connectivity index (χ1) is 18.2.